The van der Waals surface area contributed by atoms with Crippen molar-refractivity contribution >= 4 is 32.2 Å². The molecule has 0 saturated carbocycles. The Morgan fingerprint density at radius 2 is 2.00 bits per heavy atom. The lowest BCUT2D eigenvalue weighted by Gasteiger charge is -2.30. The van der Waals surface area contributed by atoms with Crippen LogP contribution in [-0.4, -0.2) is 32.7 Å². The van der Waals surface area contributed by atoms with E-state index in [0.29, 0.717) is 11.6 Å². The molecule has 3 rings (SSSR count). The molecular weight excluding hydrogens is 342 g/mol. The summed E-state index contributed by atoms with van der Waals surface area (Å²) in [7, 11) is -3.25. The van der Waals surface area contributed by atoms with Crippen LogP contribution < -0.4 is 9.62 Å². The van der Waals surface area contributed by atoms with E-state index in [0.717, 1.165) is 35.7 Å². The zero-order valence-electron chi connectivity index (χ0n) is 14.2. The van der Waals surface area contributed by atoms with Crippen molar-refractivity contribution in [2.75, 3.05) is 29.0 Å². The summed E-state index contributed by atoms with van der Waals surface area (Å²) in [6.07, 6.45) is 3.67. The third-order valence-corrected chi connectivity index (χ3v) is 5.81. The van der Waals surface area contributed by atoms with Crippen molar-refractivity contribution in [2.24, 2.45) is 5.92 Å². The van der Waals surface area contributed by atoms with Gasteiger partial charge in [0.1, 0.15) is 0 Å². The van der Waals surface area contributed by atoms with E-state index in [1.807, 2.05) is 12.1 Å². The Bertz CT molecular complexity index is 813. The molecule has 1 aromatic heterocycles. The highest BCUT2D eigenvalue weighted by Crippen LogP contribution is 2.34. The second-order valence-corrected chi connectivity index (χ2v) is 9.48. The Morgan fingerprint density at radius 3 is 2.62 bits per heavy atom. The number of rotatable bonds is 4. The van der Waals surface area contributed by atoms with Crippen LogP contribution in [-0.2, 0) is 10.0 Å². The Morgan fingerprint density at radius 1 is 1.29 bits per heavy atom. The first-order valence-electron chi connectivity index (χ1n) is 8.12. The summed E-state index contributed by atoms with van der Waals surface area (Å²) < 4.78 is 25.1. The van der Waals surface area contributed by atoms with E-state index < -0.39 is 10.0 Å². The molecule has 2 aromatic rings. The van der Waals surface area contributed by atoms with Crippen molar-refractivity contribution in [3.63, 3.8) is 0 Å². The average Bonchev–Trinajstić information content (AvgIpc) is 2.88. The fourth-order valence-electron chi connectivity index (χ4n) is 3.06. The minimum absolute atomic E-state index is 0.569. The Balaban J connectivity index is 1.82. The maximum absolute atomic E-state index is 11.3. The number of nitrogens with one attached hydrogen (secondary N) is 1. The second-order valence-electron chi connectivity index (χ2n) is 6.55. The van der Waals surface area contributed by atoms with Crippen molar-refractivity contribution in [2.45, 2.75) is 26.7 Å². The van der Waals surface area contributed by atoms with E-state index >= 15 is 0 Å². The molecule has 5 nitrogen and oxygen atoms in total. The van der Waals surface area contributed by atoms with E-state index in [4.69, 9.17) is 4.98 Å². The van der Waals surface area contributed by atoms with Crippen LogP contribution in [0.15, 0.2) is 24.3 Å². The minimum Gasteiger partial charge on any atom is -0.348 e. The van der Waals surface area contributed by atoms with Crippen molar-refractivity contribution in [1.29, 1.82) is 0 Å². The zero-order valence-corrected chi connectivity index (χ0v) is 15.9. The van der Waals surface area contributed by atoms with Crippen LogP contribution in [0.25, 0.3) is 11.3 Å². The highest BCUT2D eigenvalue weighted by atomic mass is 32.2. The van der Waals surface area contributed by atoms with Gasteiger partial charge < -0.3 is 4.90 Å². The van der Waals surface area contributed by atoms with Crippen LogP contribution in [0.1, 0.15) is 24.6 Å². The molecule has 24 heavy (non-hydrogen) atoms. The molecule has 1 aromatic carbocycles. The van der Waals surface area contributed by atoms with Gasteiger partial charge in [0.05, 0.1) is 11.9 Å². The first kappa shape index (κ1) is 17.2. The molecule has 0 spiro atoms. The summed E-state index contributed by atoms with van der Waals surface area (Å²) in [5.74, 6) is 0.716. The average molecular weight is 366 g/mol. The Labute approximate surface area is 147 Å². The molecule has 1 saturated heterocycles. The van der Waals surface area contributed by atoms with Crippen molar-refractivity contribution in [1.82, 2.24) is 4.98 Å². The van der Waals surface area contributed by atoms with Crippen LogP contribution in [0.4, 0.5) is 10.8 Å². The lowest BCUT2D eigenvalue weighted by molar-refractivity contribution is 0.446. The molecule has 0 amide bonds. The molecule has 130 valence electrons. The van der Waals surface area contributed by atoms with Gasteiger partial charge in [0.25, 0.3) is 0 Å². The number of nitrogens with zero attached hydrogens (tertiary/aromatic N) is 2. The first-order valence-corrected chi connectivity index (χ1v) is 10.8. The van der Waals surface area contributed by atoms with Gasteiger partial charge in [-0.05, 0) is 37.8 Å². The molecule has 0 radical (unpaired) electrons. The van der Waals surface area contributed by atoms with E-state index in [9.17, 15) is 8.42 Å². The van der Waals surface area contributed by atoms with Crippen LogP contribution >= 0.6 is 11.3 Å². The molecule has 1 N–H and O–H groups in total. The largest absolute Gasteiger partial charge is 0.348 e. The monoisotopic (exact) mass is 365 g/mol. The number of thiazole rings is 1. The summed E-state index contributed by atoms with van der Waals surface area (Å²) in [4.78, 5) is 8.42. The standard InChI is InChI=1S/C17H23N3O2S2/c1-12-5-4-10-20(11-12)17-18-16(13(2)23-17)14-6-8-15(9-7-14)19-24(3,21)22/h6-9,12,19H,4-5,10-11H2,1-3H3/t12-/m0/s1. The third-order valence-electron chi connectivity index (χ3n) is 4.17. The molecule has 0 aliphatic carbocycles. The number of aryl methyl sites for hydroxylation is 1. The quantitative estimate of drug-likeness (QED) is 0.897. The topological polar surface area (TPSA) is 62.3 Å². The molecular formula is C17H23N3O2S2. The summed E-state index contributed by atoms with van der Waals surface area (Å²) in [5.41, 5.74) is 2.57. The van der Waals surface area contributed by atoms with Crippen molar-refractivity contribution in [3.05, 3.63) is 29.1 Å². The molecule has 2 heterocycles. The van der Waals surface area contributed by atoms with Gasteiger partial charge in [-0.3, -0.25) is 4.72 Å². The maximum atomic E-state index is 11.3. The number of sulfonamides is 1. The van der Waals surface area contributed by atoms with Gasteiger partial charge in [-0.2, -0.15) is 0 Å². The lowest BCUT2D eigenvalue weighted by Crippen LogP contribution is -2.34. The number of piperidine rings is 1. The fraction of sp³-hybridized carbons (Fsp3) is 0.471. The predicted molar refractivity (Wildman–Crippen MR) is 101 cm³/mol. The number of aromatic nitrogens is 1. The summed E-state index contributed by atoms with van der Waals surface area (Å²) in [6.45, 7) is 6.53. The van der Waals surface area contributed by atoms with Gasteiger partial charge in [-0.25, -0.2) is 13.4 Å². The minimum atomic E-state index is -3.25. The summed E-state index contributed by atoms with van der Waals surface area (Å²) in [6, 6.07) is 7.38. The molecule has 0 unspecified atom stereocenters. The van der Waals surface area contributed by atoms with Crippen LogP contribution in [0, 0.1) is 12.8 Å². The third kappa shape index (κ3) is 4.08. The highest BCUT2D eigenvalue weighted by molar-refractivity contribution is 7.92. The van der Waals surface area contributed by atoms with E-state index in [2.05, 4.69) is 23.5 Å². The highest BCUT2D eigenvalue weighted by Gasteiger charge is 2.20. The first-order chi connectivity index (χ1) is 11.3. The summed E-state index contributed by atoms with van der Waals surface area (Å²) >= 11 is 1.74. The molecule has 1 atom stereocenters. The van der Waals surface area contributed by atoms with E-state index in [-0.39, 0.29) is 0 Å². The number of hydrogen-bond acceptors (Lipinski definition) is 5. The maximum Gasteiger partial charge on any atom is 0.229 e. The molecule has 1 fully saturated rings. The SMILES string of the molecule is Cc1sc(N2CCC[C@H](C)C2)nc1-c1ccc(NS(C)(=O)=O)cc1. The van der Waals surface area contributed by atoms with Crippen LogP contribution in [0.5, 0.6) is 0 Å². The van der Waals surface area contributed by atoms with Gasteiger partial charge in [0.2, 0.25) is 10.0 Å². The predicted octanol–water partition coefficient (Wildman–Crippen LogP) is 3.73. The number of anilines is 2. The van der Waals surface area contributed by atoms with Crippen molar-refractivity contribution < 1.29 is 8.42 Å². The number of hydrogen-bond donors (Lipinski definition) is 1. The Hall–Kier alpha value is -1.60. The number of benzene rings is 1. The summed E-state index contributed by atoms with van der Waals surface area (Å²) in [5, 5.41) is 1.09. The lowest BCUT2D eigenvalue weighted by atomic mass is 10.0. The van der Waals surface area contributed by atoms with Gasteiger partial charge in [0.15, 0.2) is 5.13 Å². The van der Waals surface area contributed by atoms with Crippen molar-refractivity contribution in [3.8, 4) is 11.3 Å². The second kappa shape index (κ2) is 6.72. The van der Waals surface area contributed by atoms with Crippen LogP contribution in [0.3, 0.4) is 0 Å². The molecule has 7 heteroatoms. The van der Waals surface area contributed by atoms with Gasteiger partial charge in [-0.1, -0.05) is 19.1 Å². The van der Waals surface area contributed by atoms with Gasteiger partial charge in [-0.15, -0.1) is 11.3 Å². The Kier molecular flexibility index (Phi) is 4.83. The van der Waals surface area contributed by atoms with Gasteiger partial charge >= 0.3 is 0 Å². The zero-order chi connectivity index (χ0) is 17.3. The van der Waals surface area contributed by atoms with Gasteiger partial charge in [0, 0.05) is 29.2 Å². The normalized spacial score (nSPS) is 18.6. The molecule has 0 bridgehead atoms. The molecule has 1 aliphatic heterocycles. The fourth-order valence-corrected chi connectivity index (χ4v) is 4.59. The van der Waals surface area contributed by atoms with E-state index in [1.165, 1.54) is 17.7 Å². The molecule has 1 aliphatic rings. The van der Waals surface area contributed by atoms with E-state index in [1.54, 1.807) is 23.5 Å². The smallest absolute Gasteiger partial charge is 0.229 e. The van der Waals surface area contributed by atoms with Crippen LogP contribution in [0.2, 0.25) is 0 Å².